The molecule has 10 nitrogen and oxygen atoms in total. The molecule has 0 unspecified atom stereocenters. The smallest absolute Gasteiger partial charge is 0.419 e. The molecule has 11 heteroatoms. The van der Waals surface area contributed by atoms with Gasteiger partial charge in [0.1, 0.15) is 0 Å². The summed E-state index contributed by atoms with van der Waals surface area (Å²) in [7, 11) is 0. The van der Waals surface area contributed by atoms with Crippen molar-refractivity contribution in [3.05, 3.63) is 60.8 Å². The first-order valence-electron chi connectivity index (χ1n) is 9.69. The van der Waals surface area contributed by atoms with Crippen molar-refractivity contribution in [1.29, 1.82) is 0 Å². The van der Waals surface area contributed by atoms with Crippen LogP contribution in [0.15, 0.2) is 38.9 Å². The van der Waals surface area contributed by atoms with Crippen LogP contribution >= 0.6 is 11.3 Å². The van der Waals surface area contributed by atoms with E-state index in [4.69, 9.17) is 9.15 Å². The first kappa shape index (κ1) is 20.8. The number of benzene rings is 1. The molecule has 0 fully saturated rings. The minimum atomic E-state index is -0.656. The third-order valence-electron chi connectivity index (χ3n) is 5.14. The zero-order chi connectivity index (χ0) is 22.0. The normalized spacial score (nSPS) is 13.2. The van der Waals surface area contributed by atoms with E-state index in [1.807, 2.05) is 11.4 Å². The van der Waals surface area contributed by atoms with Gasteiger partial charge in [0.25, 0.3) is 11.6 Å². The molecule has 3 heterocycles. The van der Waals surface area contributed by atoms with Crippen LogP contribution in [-0.2, 0) is 33.8 Å². The summed E-state index contributed by atoms with van der Waals surface area (Å²) >= 11 is 1.68. The van der Waals surface area contributed by atoms with E-state index in [-0.39, 0.29) is 36.8 Å². The third-order valence-corrected chi connectivity index (χ3v) is 6.17. The Bertz CT molecular complexity index is 1210. The number of carbonyl (C=O) groups excluding carboxylic acids is 2. The van der Waals surface area contributed by atoms with Gasteiger partial charge in [-0.15, -0.1) is 11.3 Å². The van der Waals surface area contributed by atoms with E-state index < -0.39 is 16.6 Å². The lowest BCUT2D eigenvalue weighted by Gasteiger charge is -2.26. The predicted octanol–water partition coefficient (Wildman–Crippen LogP) is 2.47. The topological polar surface area (TPSA) is 125 Å². The van der Waals surface area contributed by atoms with Gasteiger partial charge in [-0.1, -0.05) is 0 Å². The maximum absolute atomic E-state index is 12.3. The van der Waals surface area contributed by atoms with Gasteiger partial charge in [-0.05, 0) is 35.9 Å². The molecular formula is C20H19N3O7S. The zero-order valence-electron chi connectivity index (χ0n) is 16.4. The largest absolute Gasteiger partial charge is 0.456 e. The van der Waals surface area contributed by atoms with Crippen molar-refractivity contribution in [2.45, 2.75) is 32.4 Å². The number of thiophene rings is 1. The summed E-state index contributed by atoms with van der Waals surface area (Å²) in [5.41, 5.74) is 1.49. The second-order valence-electron chi connectivity index (χ2n) is 7.13. The minimum Gasteiger partial charge on any atom is -0.456 e. The van der Waals surface area contributed by atoms with Gasteiger partial charge < -0.3 is 14.1 Å². The van der Waals surface area contributed by atoms with Gasteiger partial charge in [-0.2, -0.15) is 0 Å². The molecule has 2 aromatic heterocycles. The molecule has 162 valence electrons. The number of hydrogen-bond donors (Lipinski definition) is 0. The van der Waals surface area contributed by atoms with Crippen molar-refractivity contribution < 1.29 is 23.7 Å². The number of fused-ring (bicyclic) bond motifs is 2. The highest BCUT2D eigenvalue weighted by atomic mass is 32.1. The van der Waals surface area contributed by atoms with Gasteiger partial charge >= 0.3 is 11.7 Å². The molecule has 3 aromatic rings. The Morgan fingerprint density at radius 1 is 1.29 bits per heavy atom. The number of aromatic nitrogens is 1. The van der Waals surface area contributed by atoms with E-state index in [9.17, 15) is 24.5 Å². The molecule has 0 saturated carbocycles. The molecule has 0 atom stereocenters. The number of carbonyl (C=O) groups is 2. The number of nitro benzene ring substituents is 1. The standard InChI is InChI=1S/C20H19N3O7S/c24-18(21-8-5-17-13(11-21)6-9-31-17)12-29-19(25)2-1-7-22-15-4-3-14(23(27)28)10-16(15)30-20(22)26/h3-4,6,9-10H,1-2,5,7-8,11-12H2. The molecule has 0 saturated heterocycles. The number of nitro groups is 1. The molecule has 31 heavy (non-hydrogen) atoms. The number of rotatable bonds is 7. The summed E-state index contributed by atoms with van der Waals surface area (Å²) < 4.78 is 11.5. The van der Waals surface area contributed by atoms with E-state index in [1.54, 1.807) is 16.2 Å². The lowest BCUT2D eigenvalue weighted by Crippen LogP contribution is -2.38. The minimum absolute atomic E-state index is 0.0219. The molecule has 0 aliphatic carbocycles. The molecule has 1 aliphatic heterocycles. The van der Waals surface area contributed by atoms with Gasteiger partial charge in [-0.25, -0.2) is 4.79 Å². The van der Waals surface area contributed by atoms with E-state index in [0.29, 0.717) is 25.0 Å². The average molecular weight is 445 g/mol. The molecule has 1 aromatic carbocycles. The molecular weight excluding hydrogens is 426 g/mol. The maximum Gasteiger partial charge on any atom is 0.419 e. The van der Waals surface area contributed by atoms with Gasteiger partial charge in [0.05, 0.1) is 16.5 Å². The van der Waals surface area contributed by atoms with Crippen LogP contribution < -0.4 is 5.76 Å². The summed E-state index contributed by atoms with van der Waals surface area (Å²) in [6.07, 6.45) is 1.12. The monoisotopic (exact) mass is 445 g/mol. The summed E-state index contributed by atoms with van der Waals surface area (Å²) in [6.45, 7) is 1.01. The quantitative estimate of drug-likeness (QED) is 0.311. The number of aryl methyl sites for hydroxylation is 1. The molecule has 0 N–H and O–H groups in total. The van der Waals surface area contributed by atoms with Gasteiger partial charge in [-0.3, -0.25) is 24.3 Å². The van der Waals surface area contributed by atoms with E-state index in [2.05, 4.69) is 0 Å². The van der Waals surface area contributed by atoms with E-state index in [1.165, 1.54) is 27.6 Å². The van der Waals surface area contributed by atoms with E-state index >= 15 is 0 Å². The first-order valence-corrected chi connectivity index (χ1v) is 10.6. The number of amides is 1. The number of non-ortho nitro benzene ring substituents is 1. The lowest BCUT2D eigenvalue weighted by atomic mass is 10.1. The number of hydrogen-bond acceptors (Lipinski definition) is 8. The van der Waals surface area contributed by atoms with Crippen LogP contribution in [0.5, 0.6) is 0 Å². The van der Waals surface area contributed by atoms with Crippen molar-refractivity contribution in [2.24, 2.45) is 0 Å². The maximum atomic E-state index is 12.3. The van der Waals surface area contributed by atoms with Crippen LogP contribution in [0.25, 0.3) is 11.1 Å². The van der Waals surface area contributed by atoms with Crippen molar-refractivity contribution in [3.8, 4) is 0 Å². The first-order chi connectivity index (χ1) is 14.9. The molecule has 0 bridgehead atoms. The zero-order valence-corrected chi connectivity index (χ0v) is 17.3. The second kappa shape index (κ2) is 8.72. The molecule has 0 radical (unpaired) electrons. The summed E-state index contributed by atoms with van der Waals surface area (Å²) in [5, 5.41) is 12.8. The van der Waals surface area contributed by atoms with Crippen molar-refractivity contribution in [1.82, 2.24) is 9.47 Å². The van der Waals surface area contributed by atoms with Crippen LogP contribution in [-0.4, -0.2) is 39.4 Å². The Hall–Kier alpha value is -3.47. The fraction of sp³-hybridized carbons (Fsp3) is 0.350. The fourth-order valence-electron chi connectivity index (χ4n) is 3.53. The van der Waals surface area contributed by atoms with Crippen LogP contribution in [0.1, 0.15) is 23.3 Å². The number of esters is 1. The molecule has 1 aliphatic rings. The number of ether oxygens (including phenoxy) is 1. The average Bonchev–Trinajstić information content (AvgIpc) is 3.34. The predicted molar refractivity (Wildman–Crippen MR) is 111 cm³/mol. The lowest BCUT2D eigenvalue weighted by molar-refractivity contribution is -0.384. The highest BCUT2D eigenvalue weighted by molar-refractivity contribution is 7.10. The summed E-state index contributed by atoms with van der Waals surface area (Å²) in [4.78, 5) is 49.6. The van der Waals surface area contributed by atoms with Crippen molar-refractivity contribution in [3.63, 3.8) is 0 Å². The fourth-order valence-corrected chi connectivity index (χ4v) is 4.42. The highest BCUT2D eigenvalue weighted by Gasteiger charge is 2.22. The van der Waals surface area contributed by atoms with E-state index in [0.717, 1.165) is 12.0 Å². The molecule has 1 amide bonds. The van der Waals surface area contributed by atoms with Crippen LogP contribution in [0.2, 0.25) is 0 Å². The van der Waals surface area contributed by atoms with Crippen LogP contribution in [0.3, 0.4) is 0 Å². The summed E-state index contributed by atoms with van der Waals surface area (Å²) in [5.74, 6) is -1.42. The SMILES string of the molecule is O=C(CCCn1c(=O)oc2cc([N+](=O)[O-])ccc21)OCC(=O)N1CCc2sccc2C1. The summed E-state index contributed by atoms with van der Waals surface area (Å²) in [6, 6.07) is 5.91. The Balaban J connectivity index is 1.26. The van der Waals surface area contributed by atoms with Crippen LogP contribution in [0.4, 0.5) is 5.69 Å². The Morgan fingerprint density at radius 2 is 2.13 bits per heavy atom. The van der Waals surface area contributed by atoms with Gasteiger partial charge in [0.2, 0.25) is 0 Å². The Labute approximate surface area is 179 Å². The second-order valence-corrected chi connectivity index (χ2v) is 8.13. The van der Waals surface area contributed by atoms with Crippen molar-refractivity contribution >= 4 is 40.0 Å². The van der Waals surface area contributed by atoms with Crippen molar-refractivity contribution in [2.75, 3.05) is 13.2 Å². The molecule has 0 spiro atoms. The Morgan fingerprint density at radius 3 is 2.94 bits per heavy atom. The van der Waals surface area contributed by atoms with Crippen LogP contribution in [0, 0.1) is 10.1 Å². The number of oxazole rings is 1. The highest BCUT2D eigenvalue weighted by Crippen LogP contribution is 2.24. The number of nitrogens with zero attached hydrogens (tertiary/aromatic N) is 3. The Kier molecular flexibility index (Phi) is 5.85. The molecule has 4 rings (SSSR count). The van der Waals surface area contributed by atoms with Gasteiger partial charge in [0.15, 0.2) is 12.2 Å². The third kappa shape index (κ3) is 4.50. The van der Waals surface area contributed by atoms with Gasteiger partial charge in [0, 0.05) is 37.0 Å².